The number of amides is 2. The molecule has 1 aromatic heterocycles. The van der Waals surface area contributed by atoms with Gasteiger partial charge in [0.05, 0.1) is 18.9 Å². The van der Waals surface area contributed by atoms with Gasteiger partial charge in [0.25, 0.3) is 5.91 Å². The van der Waals surface area contributed by atoms with Crippen molar-refractivity contribution in [2.24, 2.45) is 5.10 Å². The third kappa shape index (κ3) is 6.77. The van der Waals surface area contributed by atoms with Gasteiger partial charge < -0.3 is 14.5 Å². The minimum atomic E-state index is -0.656. The number of hydrazone groups is 1. The maximum Gasteiger partial charge on any atom is 0.379 e. The molecule has 2 N–H and O–H groups in total. The number of hydrogen-bond donors (Lipinski definition) is 2. The Morgan fingerprint density at radius 1 is 0.944 bits per heavy atom. The standard InChI is InChI=1S/C27H20BrN3O5/c28-21-10-13-23(36-27(34)24-7-4-14-35-24)20(16-21)17-29-31-26(33)19-8-11-22(12-9-19)30-25(32)15-18-5-2-1-3-6-18/h1-14,16-17H,15H2,(H,30,32)(H,31,33)/b29-17-. The van der Waals surface area contributed by atoms with E-state index in [0.717, 1.165) is 10.0 Å². The number of ether oxygens (including phenoxy) is 1. The van der Waals surface area contributed by atoms with E-state index in [9.17, 15) is 14.4 Å². The average Bonchev–Trinajstić information content (AvgIpc) is 3.42. The molecular weight excluding hydrogens is 526 g/mol. The monoisotopic (exact) mass is 545 g/mol. The summed E-state index contributed by atoms with van der Waals surface area (Å²) in [6.07, 6.45) is 3.00. The Bertz CT molecular complexity index is 1380. The first kappa shape index (κ1) is 24.6. The summed E-state index contributed by atoms with van der Waals surface area (Å²) in [5.41, 5.74) is 4.74. The molecule has 9 heteroatoms. The molecule has 0 aliphatic rings. The van der Waals surface area contributed by atoms with Gasteiger partial charge in [0.15, 0.2) is 0 Å². The lowest BCUT2D eigenvalue weighted by Crippen LogP contribution is -2.18. The van der Waals surface area contributed by atoms with E-state index >= 15 is 0 Å². The summed E-state index contributed by atoms with van der Waals surface area (Å²) in [6, 6.07) is 23.9. The number of nitrogens with one attached hydrogen (secondary N) is 2. The SMILES string of the molecule is O=C(Cc1ccccc1)Nc1ccc(C(=O)N/N=C\c2cc(Br)ccc2OC(=O)c2ccco2)cc1. The number of carbonyl (C=O) groups is 3. The number of furan rings is 1. The van der Waals surface area contributed by atoms with Crippen molar-refractivity contribution < 1.29 is 23.5 Å². The fraction of sp³-hybridized carbons (Fsp3) is 0.0370. The summed E-state index contributed by atoms with van der Waals surface area (Å²) in [5.74, 6) is -0.947. The van der Waals surface area contributed by atoms with E-state index in [0.29, 0.717) is 16.8 Å². The van der Waals surface area contributed by atoms with Gasteiger partial charge in [-0.3, -0.25) is 9.59 Å². The fourth-order valence-corrected chi connectivity index (χ4v) is 3.55. The van der Waals surface area contributed by atoms with Crippen LogP contribution >= 0.6 is 15.9 Å². The Balaban J connectivity index is 1.35. The first-order valence-corrected chi connectivity index (χ1v) is 11.6. The summed E-state index contributed by atoms with van der Waals surface area (Å²) < 4.78 is 11.2. The van der Waals surface area contributed by atoms with Crippen molar-refractivity contribution in [1.29, 1.82) is 0 Å². The molecule has 0 radical (unpaired) electrons. The molecule has 180 valence electrons. The van der Waals surface area contributed by atoms with E-state index < -0.39 is 11.9 Å². The van der Waals surface area contributed by atoms with Crippen LogP contribution in [0.1, 0.15) is 32.0 Å². The molecule has 36 heavy (non-hydrogen) atoms. The molecule has 2 amide bonds. The van der Waals surface area contributed by atoms with Gasteiger partial charge >= 0.3 is 5.97 Å². The molecule has 0 fully saturated rings. The van der Waals surface area contributed by atoms with E-state index in [1.807, 2.05) is 30.3 Å². The van der Waals surface area contributed by atoms with Crippen LogP contribution in [0.15, 0.2) is 105 Å². The Morgan fingerprint density at radius 3 is 2.44 bits per heavy atom. The molecule has 0 aliphatic carbocycles. The van der Waals surface area contributed by atoms with E-state index in [4.69, 9.17) is 9.15 Å². The highest BCUT2D eigenvalue weighted by molar-refractivity contribution is 9.10. The lowest BCUT2D eigenvalue weighted by Gasteiger charge is -2.07. The molecule has 0 unspecified atom stereocenters. The number of carbonyl (C=O) groups excluding carboxylic acids is 3. The molecule has 1 heterocycles. The van der Waals surface area contributed by atoms with Crippen molar-refractivity contribution in [3.8, 4) is 5.75 Å². The van der Waals surface area contributed by atoms with Crippen molar-refractivity contribution >= 4 is 45.6 Å². The first-order chi connectivity index (χ1) is 17.5. The molecule has 0 aliphatic heterocycles. The minimum Gasteiger partial charge on any atom is -0.457 e. The van der Waals surface area contributed by atoms with Gasteiger partial charge in [-0.15, -0.1) is 0 Å². The van der Waals surface area contributed by atoms with Gasteiger partial charge in [0.2, 0.25) is 11.7 Å². The van der Waals surface area contributed by atoms with Gasteiger partial charge in [0.1, 0.15) is 5.75 Å². The largest absolute Gasteiger partial charge is 0.457 e. The van der Waals surface area contributed by atoms with Gasteiger partial charge in [-0.05, 0) is 60.2 Å². The highest BCUT2D eigenvalue weighted by Crippen LogP contribution is 2.23. The van der Waals surface area contributed by atoms with Crippen molar-refractivity contribution in [3.05, 3.63) is 118 Å². The summed E-state index contributed by atoms with van der Waals surface area (Å²) >= 11 is 3.36. The van der Waals surface area contributed by atoms with E-state index in [1.54, 1.807) is 48.5 Å². The van der Waals surface area contributed by atoms with Gasteiger partial charge in [0, 0.05) is 21.3 Å². The number of nitrogens with zero attached hydrogens (tertiary/aromatic N) is 1. The number of anilines is 1. The van der Waals surface area contributed by atoms with E-state index in [-0.39, 0.29) is 23.8 Å². The predicted molar refractivity (Wildman–Crippen MR) is 138 cm³/mol. The van der Waals surface area contributed by atoms with Crippen molar-refractivity contribution in [1.82, 2.24) is 5.43 Å². The molecule has 4 rings (SSSR count). The Hall–Kier alpha value is -4.50. The quantitative estimate of drug-likeness (QED) is 0.137. The highest BCUT2D eigenvalue weighted by atomic mass is 79.9. The van der Waals surface area contributed by atoms with Crippen molar-refractivity contribution in [2.75, 3.05) is 5.32 Å². The summed E-state index contributed by atoms with van der Waals surface area (Å²) in [5, 5.41) is 6.78. The molecule has 4 aromatic rings. The Labute approximate surface area is 215 Å². The first-order valence-electron chi connectivity index (χ1n) is 10.8. The van der Waals surface area contributed by atoms with Crippen LogP contribution in [0.4, 0.5) is 5.69 Å². The molecule has 0 atom stereocenters. The number of halogens is 1. The minimum absolute atomic E-state index is 0.0637. The molecule has 8 nitrogen and oxygen atoms in total. The third-order valence-corrected chi connectivity index (χ3v) is 5.40. The molecule has 0 bridgehead atoms. The smallest absolute Gasteiger partial charge is 0.379 e. The van der Waals surface area contributed by atoms with Gasteiger partial charge in [-0.2, -0.15) is 5.10 Å². The molecular formula is C27H20BrN3O5. The topological polar surface area (TPSA) is 110 Å². The second-order valence-electron chi connectivity index (χ2n) is 7.54. The van der Waals surface area contributed by atoms with Gasteiger partial charge in [-0.1, -0.05) is 46.3 Å². The van der Waals surface area contributed by atoms with Crippen LogP contribution in [0.5, 0.6) is 5.75 Å². The maximum atomic E-state index is 12.5. The zero-order valence-electron chi connectivity index (χ0n) is 18.8. The number of esters is 1. The fourth-order valence-electron chi connectivity index (χ4n) is 3.17. The molecule has 0 spiro atoms. The van der Waals surface area contributed by atoms with Crippen LogP contribution in [-0.4, -0.2) is 24.0 Å². The number of hydrogen-bond acceptors (Lipinski definition) is 6. The van der Waals surface area contributed by atoms with E-state index in [2.05, 4.69) is 31.8 Å². The molecule has 0 saturated carbocycles. The lowest BCUT2D eigenvalue weighted by molar-refractivity contribution is -0.115. The summed E-state index contributed by atoms with van der Waals surface area (Å²) in [6.45, 7) is 0. The second-order valence-corrected chi connectivity index (χ2v) is 8.45. The summed E-state index contributed by atoms with van der Waals surface area (Å²) in [7, 11) is 0. The van der Waals surface area contributed by atoms with Crippen LogP contribution in [0, 0.1) is 0 Å². The van der Waals surface area contributed by atoms with Crippen LogP contribution in [-0.2, 0) is 11.2 Å². The van der Waals surface area contributed by atoms with E-state index in [1.165, 1.54) is 18.5 Å². The Kier molecular flexibility index (Phi) is 8.05. The van der Waals surface area contributed by atoms with Gasteiger partial charge in [-0.25, -0.2) is 10.2 Å². The van der Waals surface area contributed by atoms with Crippen LogP contribution in [0.3, 0.4) is 0 Å². The molecule has 0 saturated heterocycles. The highest BCUT2D eigenvalue weighted by Gasteiger charge is 2.14. The average molecular weight is 546 g/mol. The third-order valence-electron chi connectivity index (χ3n) is 4.90. The number of rotatable bonds is 8. The summed E-state index contributed by atoms with van der Waals surface area (Å²) in [4.78, 5) is 36.9. The Morgan fingerprint density at radius 2 is 1.72 bits per heavy atom. The zero-order valence-corrected chi connectivity index (χ0v) is 20.4. The van der Waals surface area contributed by atoms with Crippen LogP contribution < -0.4 is 15.5 Å². The normalized spacial score (nSPS) is 10.7. The second kappa shape index (κ2) is 11.8. The zero-order chi connectivity index (χ0) is 25.3. The molecule has 3 aromatic carbocycles. The van der Waals surface area contributed by atoms with Crippen molar-refractivity contribution in [3.63, 3.8) is 0 Å². The van der Waals surface area contributed by atoms with Crippen LogP contribution in [0.2, 0.25) is 0 Å². The van der Waals surface area contributed by atoms with Crippen LogP contribution in [0.25, 0.3) is 0 Å². The number of benzene rings is 3. The predicted octanol–water partition coefficient (Wildman–Crippen LogP) is 5.21. The maximum absolute atomic E-state index is 12.5. The lowest BCUT2D eigenvalue weighted by atomic mass is 10.1. The van der Waals surface area contributed by atoms with Crippen molar-refractivity contribution in [2.45, 2.75) is 6.42 Å².